The van der Waals surface area contributed by atoms with E-state index in [1.54, 1.807) is 0 Å². The highest BCUT2D eigenvalue weighted by Crippen LogP contribution is 2.30. The van der Waals surface area contributed by atoms with E-state index in [4.69, 9.17) is 9.47 Å². The summed E-state index contributed by atoms with van der Waals surface area (Å²) in [6.07, 6.45) is 12.2. The molecule has 40 heavy (non-hydrogen) atoms. The van der Waals surface area contributed by atoms with E-state index in [0.717, 1.165) is 83.1 Å². The summed E-state index contributed by atoms with van der Waals surface area (Å²) in [5.74, 6) is 3.56. The van der Waals surface area contributed by atoms with Gasteiger partial charge in [-0.05, 0) is 121 Å². The first-order valence-corrected chi connectivity index (χ1v) is 14.8. The number of benzene rings is 4. The van der Waals surface area contributed by atoms with Gasteiger partial charge in [0.05, 0.1) is 12.2 Å². The van der Waals surface area contributed by atoms with Gasteiger partial charge < -0.3 is 9.47 Å². The summed E-state index contributed by atoms with van der Waals surface area (Å²) in [5.41, 5.74) is 1.43. The average Bonchev–Trinajstić information content (AvgIpc) is 2.99. The molecule has 0 saturated heterocycles. The molecule has 0 heterocycles. The van der Waals surface area contributed by atoms with Crippen LogP contribution in [0.5, 0.6) is 11.5 Å². The van der Waals surface area contributed by atoms with Crippen LogP contribution in [0.1, 0.15) is 85.9 Å². The SMILES string of the molecule is CC1CCC(Oc2ccc3cc(C=O)ccc3c2)CC1.CC1CCC(Oc2ccc3cc(C=O)ccc3c2)CC1. The third-order valence-electron chi connectivity index (χ3n) is 8.47. The Bertz CT molecular complexity index is 1330. The van der Waals surface area contributed by atoms with Crippen LogP contribution in [-0.2, 0) is 0 Å². The Morgan fingerprint density at radius 1 is 0.500 bits per heavy atom. The quantitative estimate of drug-likeness (QED) is 0.231. The molecule has 0 unspecified atom stereocenters. The summed E-state index contributed by atoms with van der Waals surface area (Å²) in [5, 5.41) is 4.41. The van der Waals surface area contributed by atoms with Crippen LogP contribution in [0.2, 0.25) is 0 Å². The van der Waals surface area contributed by atoms with Crippen LogP contribution >= 0.6 is 0 Å². The van der Waals surface area contributed by atoms with Crippen LogP contribution in [0, 0.1) is 11.8 Å². The highest BCUT2D eigenvalue weighted by atomic mass is 16.5. The standard InChI is InChI=1S/2C18H20O2/c2*1-13-2-7-17(8-3-13)20-18-9-6-15-10-14(12-19)4-5-16(15)11-18/h2*4-6,9-13,17H,2-3,7-8H2,1H3. The second kappa shape index (κ2) is 13.1. The summed E-state index contributed by atoms with van der Waals surface area (Å²) in [6, 6.07) is 23.7. The molecule has 4 heteroatoms. The summed E-state index contributed by atoms with van der Waals surface area (Å²) >= 11 is 0. The molecule has 0 N–H and O–H groups in total. The smallest absolute Gasteiger partial charge is 0.150 e. The van der Waals surface area contributed by atoms with Crippen molar-refractivity contribution in [2.24, 2.45) is 11.8 Å². The molecule has 0 amide bonds. The molecule has 0 spiro atoms. The lowest BCUT2D eigenvalue weighted by Gasteiger charge is -2.27. The van der Waals surface area contributed by atoms with Crippen molar-refractivity contribution in [2.75, 3.05) is 0 Å². The zero-order valence-corrected chi connectivity index (χ0v) is 23.7. The monoisotopic (exact) mass is 536 g/mol. The van der Waals surface area contributed by atoms with E-state index < -0.39 is 0 Å². The number of fused-ring (bicyclic) bond motifs is 2. The minimum Gasteiger partial charge on any atom is -0.490 e. The fraction of sp³-hybridized carbons (Fsp3) is 0.389. The highest BCUT2D eigenvalue weighted by molar-refractivity contribution is 5.90. The number of carbonyl (C=O) groups is 2. The zero-order chi connectivity index (χ0) is 27.9. The number of hydrogen-bond acceptors (Lipinski definition) is 4. The second-order valence-corrected chi connectivity index (χ2v) is 11.8. The maximum absolute atomic E-state index is 10.8. The van der Waals surface area contributed by atoms with Crippen molar-refractivity contribution >= 4 is 34.1 Å². The van der Waals surface area contributed by atoms with Crippen molar-refractivity contribution in [3.63, 3.8) is 0 Å². The molecule has 0 bridgehead atoms. The van der Waals surface area contributed by atoms with Gasteiger partial charge in [-0.1, -0.05) is 50.2 Å². The van der Waals surface area contributed by atoms with Gasteiger partial charge in [0, 0.05) is 11.1 Å². The lowest BCUT2D eigenvalue weighted by molar-refractivity contribution is 0.111. The van der Waals surface area contributed by atoms with Crippen LogP contribution < -0.4 is 9.47 Å². The van der Waals surface area contributed by atoms with Gasteiger partial charge in [-0.25, -0.2) is 0 Å². The topological polar surface area (TPSA) is 52.6 Å². The Balaban J connectivity index is 0.000000161. The molecule has 2 saturated carbocycles. The predicted molar refractivity (Wildman–Crippen MR) is 163 cm³/mol. The Kier molecular flexibility index (Phi) is 9.15. The van der Waals surface area contributed by atoms with E-state index in [0.29, 0.717) is 23.3 Å². The zero-order valence-electron chi connectivity index (χ0n) is 23.7. The first-order valence-electron chi connectivity index (χ1n) is 14.8. The molecule has 208 valence electrons. The molecule has 0 atom stereocenters. The van der Waals surface area contributed by atoms with E-state index in [-0.39, 0.29) is 0 Å². The van der Waals surface area contributed by atoms with E-state index in [9.17, 15) is 9.59 Å². The molecule has 4 nitrogen and oxygen atoms in total. The van der Waals surface area contributed by atoms with Crippen LogP contribution in [0.25, 0.3) is 21.5 Å². The van der Waals surface area contributed by atoms with Gasteiger partial charge in [-0.15, -0.1) is 0 Å². The van der Waals surface area contributed by atoms with Gasteiger partial charge in [0.1, 0.15) is 24.1 Å². The van der Waals surface area contributed by atoms with Crippen molar-refractivity contribution in [3.05, 3.63) is 83.9 Å². The molecule has 0 aromatic heterocycles. The molecule has 0 aliphatic heterocycles. The Labute approximate surface area is 237 Å². The number of ether oxygens (including phenoxy) is 2. The van der Waals surface area contributed by atoms with Gasteiger partial charge >= 0.3 is 0 Å². The van der Waals surface area contributed by atoms with Gasteiger partial charge in [-0.2, -0.15) is 0 Å². The van der Waals surface area contributed by atoms with E-state index in [1.165, 1.54) is 25.7 Å². The lowest BCUT2D eigenvalue weighted by Crippen LogP contribution is -2.22. The lowest BCUT2D eigenvalue weighted by atomic mass is 9.89. The van der Waals surface area contributed by atoms with E-state index in [2.05, 4.69) is 26.0 Å². The number of aldehydes is 2. The molecule has 2 fully saturated rings. The molecule has 4 aromatic carbocycles. The van der Waals surface area contributed by atoms with Gasteiger partial charge in [0.2, 0.25) is 0 Å². The summed E-state index contributed by atoms with van der Waals surface area (Å²) in [7, 11) is 0. The Morgan fingerprint density at radius 2 is 0.850 bits per heavy atom. The van der Waals surface area contributed by atoms with Crippen molar-refractivity contribution in [3.8, 4) is 11.5 Å². The van der Waals surface area contributed by atoms with Crippen LogP contribution in [0.4, 0.5) is 0 Å². The van der Waals surface area contributed by atoms with Crippen molar-refractivity contribution in [1.82, 2.24) is 0 Å². The van der Waals surface area contributed by atoms with E-state index in [1.807, 2.05) is 60.7 Å². The van der Waals surface area contributed by atoms with Gasteiger partial charge in [-0.3, -0.25) is 9.59 Å². The summed E-state index contributed by atoms with van der Waals surface area (Å²) in [4.78, 5) is 21.6. The van der Waals surface area contributed by atoms with E-state index >= 15 is 0 Å². The third kappa shape index (κ3) is 7.29. The molecule has 0 radical (unpaired) electrons. The molecular weight excluding hydrogens is 496 g/mol. The van der Waals surface area contributed by atoms with Crippen molar-refractivity contribution in [1.29, 1.82) is 0 Å². The Morgan fingerprint density at radius 3 is 1.23 bits per heavy atom. The largest absolute Gasteiger partial charge is 0.490 e. The average molecular weight is 537 g/mol. The minimum absolute atomic E-state index is 0.359. The highest BCUT2D eigenvalue weighted by Gasteiger charge is 2.20. The summed E-state index contributed by atoms with van der Waals surface area (Å²) in [6.45, 7) is 4.63. The molecule has 2 aliphatic carbocycles. The van der Waals surface area contributed by atoms with Gasteiger partial charge in [0.25, 0.3) is 0 Å². The molecule has 4 aromatic rings. The molecule has 2 aliphatic rings. The molecule has 6 rings (SSSR count). The van der Waals surface area contributed by atoms with Crippen LogP contribution in [0.3, 0.4) is 0 Å². The van der Waals surface area contributed by atoms with Crippen molar-refractivity contribution in [2.45, 2.75) is 77.4 Å². The molecular formula is C36H40O4. The number of rotatable bonds is 6. The number of carbonyl (C=O) groups excluding carboxylic acids is 2. The summed E-state index contributed by atoms with van der Waals surface area (Å²) < 4.78 is 12.2. The maximum atomic E-state index is 10.8. The first-order chi connectivity index (χ1) is 19.5. The third-order valence-corrected chi connectivity index (χ3v) is 8.47. The first kappa shape index (κ1) is 27.9. The predicted octanol–water partition coefficient (Wildman–Crippen LogP) is 9.22. The Hall–Kier alpha value is -3.66. The maximum Gasteiger partial charge on any atom is 0.150 e. The fourth-order valence-electron chi connectivity index (χ4n) is 5.86. The second-order valence-electron chi connectivity index (χ2n) is 11.8. The minimum atomic E-state index is 0.359. The normalized spacial score (nSPS) is 22.6. The van der Waals surface area contributed by atoms with Crippen LogP contribution in [0.15, 0.2) is 72.8 Å². The van der Waals surface area contributed by atoms with Crippen molar-refractivity contribution < 1.29 is 19.1 Å². The number of hydrogen-bond donors (Lipinski definition) is 0. The van der Waals surface area contributed by atoms with Gasteiger partial charge in [0.15, 0.2) is 0 Å². The fourth-order valence-corrected chi connectivity index (χ4v) is 5.86. The van der Waals surface area contributed by atoms with Crippen LogP contribution in [-0.4, -0.2) is 24.8 Å².